The topological polar surface area (TPSA) is 73.6 Å². The van der Waals surface area contributed by atoms with E-state index in [1.807, 2.05) is 5.38 Å². The van der Waals surface area contributed by atoms with Gasteiger partial charge < -0.3 is 0 Å². The van der Waals surface area contributed by atoms with Crippen molar-refractivity contribution in [1.82, 2.24) is 25.0 Å². The van der Waals surface area contributed by atoms with Gasteiger partial charge in [0.1, 0.15) is 5.69 Å². The normalized spacial score (nSPS) is 10.4. The average molecular weight is 257 g/mol. The molecule has 0 aliphatic carbocycles. The fourth-order valence-electron chi connectivity index (χ4n) is 1.61. The van der Waals surface area contributed by atoms with E-state index in [1.165, 1.54) is 11.3 Å². The summed E-state index contributed by atoms with van der Waals surface area (Å²) >= 11 is 1.43. The summed E-state index contributed by atoms with van der Waals surface area (Å²) in [6.45, 7) is 0. The van der Waals surface area contributed by atoms with Crippen LogP contribution in [0.2, 0.25) is 0 Å². The summed E-state index contributed by atoms with van der Waals surface area (Å²) in [5.41, 5.74) is 1.74. The highest BCUT2D eigenvalue weighted by Gasteiger charge is 2.16. The lowest BCUT2D eigenvalue weighted by molar-refractivity contribution is 0.111. The molecule has 0 atom stereocenters. The molecule has 0 aromatic carbocycles. The van der Waals surface area contributed by atoms with Crippen LogP contribution in [0.1, 0.15) is 10.5 Å². The third-order valence-electron chi connectivity index (χ3n) is 2.36. The molecule has 0 aliphatic heterocycles. The number of rotatable bonds is 3. The standard InChI is InChI=1S/C11H7N5OS/c17-7-9-10(8-1-3-12-4-2-8)16(15-14-9)11-13-5-6-18-11/h1-7H. The highest BCUT2D eigenvalue weighted by molar-refractivity contribution is 7.12. The van der Waals surface area contributed by atoms with Gasteiger partial charge in [-0.3, -0.25) is 9.78 Å². The molecule has 88 valence electrons. The summed E-state index contributed by atoms with van der Waals surface area (Å²) in [5.74, 6) is 0. The van der Waals surface area contributed by atoms with E-state index < -0.39 is 0 Å². The number of carbonyl (C=O) groups excluding carboxylic acids is 1. The van der Waals surface area contributed by atoms with Gasteiger partial charge in [-0.05, 0) is 12.1 Å². The average Bonchev–Trinajstić information content (AvgIpc) is 3.08. The number of aromatic nitrogens is 5. The third kappa shape index (κ3) is 1.70. The number of aldehydes is 1. The van der Waals surface area contributed by atoms with Crippen LogP contribution in [0, 0.1) is 0 Å². The van der Waals surface area contributed by atoms with E-state index in [9.17, 15) is 4.79 Å². The highest BCUT2D eigenvalue weighted by atomic mass is 32.1. The lowest BCUT2D eigenvalue weighted by Gasteiger charge is -2.02. The van der Waals surface area contributed by atoms with Crippen LogP contribution in [0.5, 0.6) is 0 Å². The van der Waals surface area contributed by atoms with Crippen LogP contribution in [-0.2, 0) is 0 Å². The molecule has 6 nitrogen and oxygen atoms in total. The Kier molecular flexibility index (Phi) is 2.66. The summed E-state index contributed by atoms with van der Waals surface area (Å²) in [6.07, 6.45) is 5.68. The lowest BCUT2D eigenvalue weighted by Crippen LogP contribution is -1.99. The Labute approximate surface area is 106 Å². The molecule has 0 radical (unpaired) electrons. The Balaban J connectivity index is 2.23. The first-order valence-electron chi connectivity index (χ1n) is 5.11. The van der Waals surface area contributed by atoms with E-state index in [-0.39, 0.29) is 5.69 Å². The number of thiazole rings is 1. The molecule has 7 heteroatoms. The second kappa shape index (κ2) is 4.46. The van der Waals surface area contributed by atoms with Gasteiger partial charge in [0, 0.05) is 29.5 Å². The first-order chi connectivity index (χ1) is 8.90. The van der Waals surface area contributed by atoms with Crippen molar-refractivity contribution in [3.63, 3.8) is 0 Å². The molecule has 3 heterocycles. The molecule has 0 saturated heterocycles. The molecule has 3 rings (SSSR count). The maximum atomic E-state index is 11.0. The molecular weight excluding hydrogens is 250 g/mol. The summed E-state index contributed by atoms with van der Waals surface area (Å²) in [5, 5.41) is 10.3. The van der Waals surface area contributed by atoms with Crippen molar-refractivity contribution in [3.8, 4) is 16.4 Å². The van der Waals surface area contributed by atoms with Crippen LogP contribution in [0.4, 0.5) is 0 Å². The number of pyridine rings is 1. The van der Waals surface area contributed by atoms with E-state index >= 15 is 0 Å². The number of hydrogen-bond donors (Lipinski definition) is 0. The highest BCUT2D eigenvalue weighted by Crippen LogP contribution is 2.24. The molecular formula is C11H7N5OS. The van der Waals surface area contributed by atoms with Crippen molar-refractivity contribution < 1.29 is 4.79 Å². The third-order valence-corrected chi connectivity index (χ3v) is 3.11. The largest absolute Gasteiger partial charge is 0.296 e. The van der Waals surface area contributed by atoms with Crippen LogP contribution in [-0.4, -0.2) is 31.2 Å². The van der Waals surface area contributed by atoms with Gasteiger partial charge >= 0.3 is 0 Å². The van der Waals surface area contributed by atoms with Crippen molar-refractivity contribution in [1.29, 1.82) is 0 Å². The lowest BCUT2D eigenvalue weighted by atomic mass is 10.1. The maximum absolute atomic E-state index is 11.0. The Hall–Kier alpha value is -2.41. The van der Waals surface area contributed by atoms with Crippen molar-refractivity contribution >= 4 is 17.6 Å². The van der Waals surface area contributed by atoms with E-state index in [4.69, 9.17) is 0 Å². The van der Waals surface area contributed by atoms with Crippen LogP contribution in [0.15, 0.2) is 36.1 Å². The minimum absolute atomic E-state index is 0.288. The molecule has 0 saturated carbocycles. The van der Waals surface area contributed by atoms with Gasteiger partial charge in [-0.2, -0.15) is 4.68 Å². The van der Waals surface area contributed by atoms with Gasteiger partial charge in [0.25, 0.3) is 0 Å². The Bertz CT molecular complexity index is 662. The second-order valence-electron chi connectivity index (χ2n) is 3.40. The molecule has 0 spiro atoms. The Morgan fingerprint density at radius 2 is 2.06 bits per heavy atom. The zero-order valence-corrected chi connectivity index (χ0v) is 9.91. The summed E-state index contributed by atoms with van der Waals surface area (Å²) in [7, 11) is 0. The molecule has 18 heavy (non-hydrogen) atoms. The van der Waals surface area contributed by atoms with Crippen molar-refractivity contribution in [2.75, 3.05) is 0 Å². The summed E-state index contributed by atoms with van der Waals surface area (Å²) in [4.78, 5) is 19.2. The number of hydrogen-bond acceptors (Lipinski definition) is 6. The number of carbonyl (C=O) groups is 1. The summed E-state index contributed by atoms with van der Waals surface area (Å²) in [6, 6.07) is 3.60. The molecule has 3 aromatic heterocycles. The molecule has 0 bridgehead atoms. The van der Waals surface area contributed by atoms with Crippen LogP contribution < -0.4 is 0 Å². The molecule has 0 N–H and O–H groups in total. The predicted octanol–water partition coefficient (Wildman–Crippen LogP) is 1.60. The molecule has 0 amide bonds. The van der Waals surface area contributed by atoms with E-state index in [0.717, 1.165) is 5.56 Å². The van der Waals surface area contributed by atoms with Crippen molar-refractivity contribution in [2.24, 2.45) is 0 Å². The SMILES string of the molecule is O=Cc1nnn(-c2nccs2)c1-c1ccncc1. The van der Waals surface area contributed by atoms with Crippen molar-refractivity contribution in [2.45, 2.75) is 0 Å². The Morgan fingerprint density at radius 1 is 1.22 bits per heavy atom. The van der Waals surface area contributed by atoms with Gasteiger partial charge in [-0.1, -0.05) is 5.21 Å². The van der Waals surface area contributed by atoms with E-state index in [1.54, 1.807) is 35.4 Å². The number of nitrogens with zero attached hydrogens (tertiary/aromatic N) is 5. The smallest absolute Gasteiger partial charge is 0.212 e. The van der Waals surface area contributed by atoms with Gasteiger partial charge in [0.05, 0.1) is 0 Å². The molecule has 0 fully saturated rings. The van der Waals surface area contributed by atoms with Gasteiger partial charge in [-0.15, -0.1) is 16.4 Å². The summed E-state index contributed by atoms with van der Waals surface area (Å²) < 4.78 is 1.56. The second-order valence-corrected chi connectivity index (χ2v) is 4.28. The first kappa shape index (κ1) is 10.7. The fourth-order valence-corrected chi connectivity index (χ4v) is 2.20. The molecule has 3 aromatic rings. The zero-order valence-electron chi connectivity index (χ0n) is 9.09. The quantitative estimate of drug-likeness (QED) is 0.666. The van der Waals surface area contributed by atoms with Crippen molar-refractivity contribution in [3.05, 3.63) is 41.8 Å². The molecule has 0 aliphatic rings. The minimum Gasteiger partial charge on any atom is -0.296 e. The van der Waals surface area contributed by atoms with Gasteiger partial charge in [-0.25, -0.2) is 4.98 Å². The molecule has 0 unspecified atom stereocenters. The van der Waals surface area contributed by atoms with Gasteiger partial charge in [0.15, 0.2) is 12.0 Å². The van der Waals surface area contributed by atoms with E-state index in [0.29, 0.717) is 17.1 Å². The van der Waals surface area contributed by atoms with Crippen LogP contribution in [0.3, 0.4) is 0 Å². The van der Waals surface area contributed by atoms with Crippen LogP contribution in [0.25, 0.3) is 16.4 Å². The maximum Gasteiger partial charge on any atom is 0.212 e. The first-order valence-corrected chi connectivity index (χ1v) is 5.99. The monoisotopic (exact) mass is 257 g/mol. The predicted molar refractivity (Wildman–Crippen MR) is 65.6 cm³/mol. The van der Waals surface area contributed by atoms with Crippen LogP contribution >= 0.6 is 11.3 Å². The minimum atomic E-state index is 0.288. The van der Waals surface area contributed by atoms with Gasteiger partial charge in [0.2, 0.25) is 5.13 Å². The fraction of sp³-hybridized carbons (Fsp3) is 0. The zero-order chi connectivity index (χ0) is 12.4. The van der Waals surface area contributed by atoms with E-state index in [2.05, 4.69) is 20.3 Å². The Morgan fingerprint density at radius 3 is 2.72 bits per heavy atom.